The first-order valence-corrected chi connectivity index (χ1v) is 8.42. The molecule has 1 aromatic rings. The Hall–Kier alpha value is -0.540. The first-order chi connectivity index (χ1) is 9.50. The molecule has 0 atom stereocenters. The molecule has 4 heteroatoms. The molecule has 1 amide bonds. The highest BCUT2D eigenvalue weighted by Gasteiger charge is 2.29. The lowest BCUT2D eigenvalue weighted by atomic mass is 10.1. The summed E-state index contributed by atoms with van der Waals surface area (Å²) in [6, 6.07) is 5.92. The maximum Gasteiger partial charge on any atom is 0.255 e. The highest BCUT2D eigenvalue weighted by molar-refractivity contribution is 9.10. The minimum atomic E-state index is 0.0666. The fraction of sp³-hybridized carbons (Fsp3) is 0.562. The first-order valence-electron chi connectivity index (χ1n) is 7.25. The number of carbonyl (C=O) groups excluding carboxylic acids is 1. The van der Waals surface area contributed by atoms with E-state index < -0.39 is 0 Å². The predicted octanol–water partition coefficient (Wildman–Crippen LogP) is 5.14. The summed E-state index contributed by atoms with van der Waals surface area (Å²) < 4.78 is 0.779. The molecule has 2 rings (SSSR count). The maximum atomic E-state index is 12.9. The lowest BCUT2D eigenvalue weighted by Gasteiger charge is -2.31. The van der Waals surface area contributed by atoms with Crippen LogP contribution in [0.15, 0.2) is 22.7 Å². The maximum absolute atomic E-state index is 12.9. The SMILES string of the molecule is CC(C)CN(C(=O)c1cccc(Br)c1Cl)C1CCCC1. The quantitative estimate of drug-likeness (QED) is 0.729. The molecule has 0 saturated heterocycles. The van der Waals surface area contributed by atoms with Crippen molar-refractivity contribution >= 4 is 33.4 Å². The van der Waals surface area contributed by atoms with Crippen molar-refractivity contribution in [3.8, 4) is 0 Å². The average Bonchev–Trinajstić information content (AvgIpc) is 2.92. The van der Waals surface area contributed by atoms with Crippen LogP contribution in [0.4, 0.5) is 0 Å². The van der Waals surface area contributed by atoms with E-state index in [1.165, 1.54) is 12.8 Å². The molecule has 0 aliphatic heterocycles. The van der Waals surface area contributed by atoms with Crippen molar-refractivity contribution in [3.05, 3.63) is 33.3 Å². The Balaban J connectivity index is 2.27. The van der Waals surface area contributed by atoms with E-state index in [9.17, 15) is 4.79 Å². The van der Waals surface area contributed by atoms with Crippen molar-refractivity contribution in [1.82, 2.24) is 4.90 Å². The van der Waals surface area contributed by atoms with Gasteiger partial charge in [-0.15, -0.1) is 0 Å². The molecule has 0 aromatic heterocycles. The van der Waals surface area contributed by atoms with Crippen molar-refractivity contribution in [2.75, 3.05) is 6.54 Å². The van der Waals surface area contributed by atoms with Gasteiger partial charge in [0, 0.05) is 17.1 Å². The summed E-state index contributed by atoms with van der Waals surface area (Å²) in [5.41, 5.74) is 0.605. The highest BCUT2D eigenvalue weighted by Crippen LogP contribution is 2.30. The summed E-state index contributed by atoms with van der Waals surface area (Å²) in [6.07, 6.45) is 4.67. The van der Waals surface area contributed by atoms with E-state index in [-0.39, 0.29) is 5.91 Å². The van der Waals surface area contributed by atoms with Crippen LogP contribution in [0.25, 0.3) is 0 Å². The van der Waals surface area contributed by atoms with E-state index in [1.54, 1.807) is 0 Å². The van der Waals surface area contributed by atoms with Gasteiger partial charge in [0.05, 0.1) is 10.6 Å². The van der Waals surface area contributed by atoms with Gasteiger partial charge in [0.15, 0.2) is 0 Å². The molecule has 0 radical (unpaired) electrons. The first kappa shape index (κ1) is 15.8. The van der Waals surface area contributed by atoms with Crippen LogP contribution in [0, 0.1) is 5.92 Å². The molecule has 2 nitrogen and oxygen atoms in total. The number of hydrogen-bond acceptors (Lipinski definition) is 1. The fourth-order valence-electron chi connectivity index (χ4n) is 2.83. The van der Waals surface area contributed by atoms with Crippen LogP contribution in [0.1, 0.15) is 49.9 Å². The number of rotatable bonds is 4. The van der Waals surface area contributed by atoms with Gasteiger partial charge in [-0.3, -0.25) is 4.79 Å². The molecule has 0 N–H and O–H groups in total. The summed E-state index contributed by atoms with van der Waals surface area (Å²) in [5.74, 6) is 0.530. The number of amides is 1. The molecular formula is C16H21BrClNO. The number of nitrogens with zero attached hydrogens (tertiary/aromatic N) is 1. The standard InChI is InChI=1S/C16H21BrClNO/c1-11(2)10-19(12-6-3-4-7-12)16(20)13-8-5-9-14(17)15(13)18/h5,8-9,11-12H,3-4,6-7,10H2,1-2H3. The minimum absolute atomic E-state index is 0.0666. The number of benzene rings is 1. The molecule has 0 unspecified atom stereocenters. The Labute approximate surface area is 134 Å². The van der Waals surface area contributed by atoms with Crippen LogP contribution in [-0.4, -0.2) is 23.4 Å². The number of hydrogen-bond donors (Lipinski definition) is 0. The van der Waals surface area contributed by atoms with Gasteiger partial charge >= 0.3 is 0 Å². The fourth-order valence-corrected chi connectivity index (χ4v) is 3.40. The Kier molecular flexibility index (Phi) is 5.50. The summed E-state index contributed by atoms with van der Waals surface area (Å²) in [7, 11) is 0. The molecule has 0 spiro atoms. The minimum Gasteiger partial charge on any atom is -0.335 e. The molecule has 1 fully saturated rings. The molecule has 0 heterocycles. The van der Waals surface area contributed by atoms with Crippen LogP contribution < -0.4 is 0 Å². The zero-order valence-electron chi connectivity index (χ0n) is 12.0. The molecule has 1 aromatic carbocycles. The molecular weight excluding hydrogens is 338 g/mol. The van der Waals surface area contributed by atoms with Crippen LogP contribution >= 0.6 is 27.5 Å². The second-order valence-corrected chi connectivity index (χ2v) is 7.12. The Morgan fingerprint density at radius 1 is 1.40 bits per heavy atom. The average molecular weight is 359 g/mol. The molecule has 1 aliphatic carbocycles. The third-order valence-corrected chi connectivity index (χ3v) is 5.07. The largest absolute Gasteiger partial charge is 0.335 e. The Morgan fingerprint density at radius 2 is 2.05 bits per heavy atom. The van der Waals surface area contributed by atoms with Crippen LogP contribution in [0.5, 0.6) is 0 Å². The molecule has 110 valence electrons. The zero-order chi connectivity index (χ0) is 14.7. The zero-order valence-corrected chi connectivity index (χ0v) is 14.4. The van der Waals surface area contributed by atoms with Crippen LogP contribution in [0.2, 0.25) is 5.02 Å². The van der Waals surface area contributed by atoms with E-state index in [0.717, 1.165) is 23.9 Å². The second kappa shape index (κ2) is 6.95. The lowest BCUT2D eigenvalue weighted by molar-refractivity contribution is 0.0655. The van der Waals surface area contributed by atoms with Crippen LogP contribution in [0.3, 0.4) is 0 Å². The lowest BCUT2D eigenvalue weighted by Crippen LogP contribution is -2.41. The molecule has 0 bridgehead atoms. The van der Waals surface area contributed by atoms with Crippen molar-refractivity contribution in [2.24, 2.45) is 5.92 Å². The molecule has 20 heavy (non-hydrogen) atoms. The third kappa shape index (κ3) is 3.56. The van der Waals surface area contributed by atoms with Gasteiger partial charge in [-0.05, 0) is 46.8 Å². The third-order valence-electron chi connectivity index (χ3n) is 3.77. The summed E-state index contributed by atoms with van der Waals surface area (Å²) in [5, 5.41) is 0.518. The van der Waals surface area contributed by atoms with E-state index in [0.29, 0.717) is 22.5 Å². The van der Waals surface area contributed by atoms with Gasteiger partial charge in [-0.2, -0.15) is 0 Å². The predicted molar refractivity (Wildman–Crippen MR) is 87.3 cm³/mol. The van der Waals surface area contributed by atoms with Gasteiger partial charge in [0.1, 0.15) is 0 Å². The van der Waals surface area contributed by atoms with E-state index in [2.05, 4.69) is 29.8 Å². The van der Waals surface area contributed by atoms with Crippen molar-refractivity contribution in [3.63, 3.8) is 0 Å². The van der Waals surface area contributed by atoms with E-state index in [1.807, 2.05) is 23.1 Å². The van der Waals surface area contributed by atoms with Gasteiger partial charge in [-0.25, -0.2) is 0 Å². The summed E-state index contributed by atoms with van der Waals surface area (Å²) in [6.45, 7) is 5.10. The van der Waals surface area contributed by atoms with Crippen molar-refractivity contribution < 1.29 is 4.79 Å². The molecule has 1 saturated carbocycles. The number of halogens is 2. The topological polar surface area (TPSA) is 20.3 Å². The Bertz CT molecular complexity index is 483. The van der Waals surface area contributed by atoms with E-state index >= 15 is 0 Å². The highest BCUT2D eigenvalue weighted by atomic mass is 79.9. The number of carbonyl (C=O) groups is 1. The van der Waals surface area contributed by atoms with Crippen LogP contribution in [-0.2, 0) is 0 Å². The van der Waals surface area contributed by atoms with Gasteiger partial charge in [0.2, 0.25) is 0 Å². The summed E-state index contributed by atoms with van der Waals surface area (Å²) in [4.78, 5) is 14.9. The second-order valence-electron chi connectivity index (χ2n) is 5.89. The molecule has 1 aliphatic rings. The smallest absolute Gasteiger partial charge is 0.255 e. The van der Waals surface area contributed by atoms with Gasteiger partial charge < -0.3 is 4.90 Å². The monoisotopic (exact) mass is 357 g/mol. The Morgan fingerprint density at radius 3 is 2.65 bits per heavy atom. The normalized spacial score (nSPS) is 15.8. The van der Waals surface area contributed by atoms with Gasteiger partial charge in [-0.1, -0.05) is 44.4 Å². The van der Waals surface area contributed by atoms with E-state index in [4.69, 9.17) is 11.6 Å². The van der Waals surface area contributed by atoms with Crippen molar-refractivity contribution in [2.45, 2.75) is 45.6 Å². The van der Waals surface area contributed by atoms with Crippen molar-refractivity contribution in [1.29, 1.82) is 0 Å². The van der Waals surface area contributed by atoms with Gasteiger partial charge in [0.25, 0.3) is 5.91 Å². The summed E-state index contributed by atoms with van der Waals surface area (Å²) >= 11 is 9.68.